The second-order valence-corrected chi connectivity index (χ2v) is 7.95. The number of anilines is 1. The smallest absolute Gasteiger partial charge is 0.296 e. The van der Waals surface area contributed by atoms with Crippen molar-refractivity contribution in [1.29, 1.82) is 0 Å². The van der Waals surface area contributed by atoms with E-state index in [1.54, 1.807) is 7.05 Å². The molecule has 1 aliphatic carbocycles. The van der Waals surface area contributed by atoms with Crippen LogP contribution < -0.4 is 10.9 Å². The number of likely N-dealkylation sites (N-methyl/N-ethyl adjacent to an activating group) is 1. The maximum Gasteiger partial charge on any atom is 0.296 e. The zero-order valence-corrected chi connectivity index (χ0v) is 16.8. The van der Waals surface area contributed by atoms with Gasteiger partial charge in [-0.25, -0.2) is 0 Å². The van der Waals surface area contributed by atoms with E-state index in [0.717, 1.165) is 49.4 Å². The molecule has 1 saturated heterocycles. The van der Waals surface area contributed by atoms with Crippen molar-refractivity contribution in [2.45, 2.75) is 51.2 Å². The topological polar surface area (TPSA) is 92.5 Å². The number of ether oxygens (including phenoxy) is 1. The Balaban J connectivity index is 1.58. The van der Waals surface area contributed by atoms with Gasteiger partial charge >= 0.3 is 0 Å². The number of aliphatic hydroxyl groups is 1. The standard InChI is InChI=1S/C20H29N5O3/c1-4-25-8-5-6-13(11-25)21-18-20(27)24(3)19(23-22-18)16-12(2)10-15-14(17(16)26)7-9-28-15/h10,13,16-17,26H,4-9,11H2,1-3H3,(H,21,22)/t13-,16?,17?/m1/s1. The van der Waals surface area contributed by atoms with Crippen LogP contribution in [0.4, 0.5) is 5.82 Å². The fourth-order valence-electron chi connectivity index (χ4n) is 4.50. The molecule has 0 bridgehead atoms. The fourth-order valence-corrected chi connectivity index (χ4v) is 4.50. The van der Waals surface area contributed by atoms with Gasteiger partial charge in [-0.1, -0.05) is 12.5 Å². The SMILES string of the molecule is CCN1CCC[C@@H](Nc2nnc(C3C(C)=CC4=C(CCO4)C3O)n(C)c2=O)C1. The highest BCUT2D eigenvalue weighted by atomic mass is 16.5. The molecule has 0 spiro atoms. The molecule has 3 aliphatic rings. The zero-order chi connectivity index (χ0) is 19.8. The molecule has 1 aromatic rings. The molecule has 1 aromatic heterocycles. The minimum atomic E-state index is -0.738. The molecular weight excluding hydrogens is 358 g/mol. The van der Waals surface area contributed by atoms with Crippen molar-refractivity contribution in [1.82, 2.24) is 19.7 Å². The summed E-state index contributed by atoms with van der Waals surface area (Å²) in [6.45, 7) is 7.68. The second kappa shape index (κ2) is 7.67. The quantitative estimate of drug-likeness (QED) is 0.801. The molecule has 8 nitrogen and oxygen atoms in total. The normalized spacial score (nSPS) is 28.0. The first kappa shape index (κ1) is 19.1. The molecule has 1 fully saturated rings. The molecule has 2 N–H and O–H groups in total. The Bertz CT molecular complexity index is 875. The fraction of sp³-hybridized carbons (Fsp3) is 0.650. The molecule has 0 amide bonds. The third-order valence-electron chi connectivity index (χ3n) is 6.14. The number of aromatic nitrogens is 3. The van der Waals surface area contributed by atoms with Gasteiger partial charge in [-0.2, -0.15) is 0 Å². The first-order valence-electron chi connectivity index (χ1n) is 10.1. The number of hydrogen-bond donors (Lipinski definition) is 2. The molecule has 0 radical (unpaired) electrons. The minimum absolute atomic E-state index is 0.201. The van der Waals surface area contributed by atoms with Gasteiger partial charge in [-0.15, -0.1) is 10.2 Å². The number of nitrogens with one attached hydrogen (secondary N) is 1. The summed E-state index contributed by atoms with van der Waals surface area (Å²) in [7, 11) is 1.70. The number of allylic oxidation sites excluding steroid dienone is 1. The second-order valence-electron chi connectivity index (χ2n) is 7.95. The maximum absolute atomic E-state index is 12.9. The number of rotatable bonds is 4. The van der Waals surface area contributed by atoms with E-state index in [2.05, 4.69) is 27.3 Å². The summed E-state index contributed by atoms with van der Waals surface area (Å²) in [5, 5.41) is 22.7. The molecule has 4 rings (SSSR count). The van der Waals surface area contributed by atoms with Crippen molar-refractivity contribution in [3.05, 3.63) is 39.2 Å². The monoisotopic (exact) mass is 387 g/mol. The van der Waals surface area contributed by atoms with Crippen LogP contribution in [0, 0.1) is 0 Å². The van der Waals surface area contributed by atoms with Crippen LogP contribution in [0.15, 0.2) is 27.8 Å². The highest BCUT2D eigenvalue weighted by Crippen LogP contribution is 2.39. The third kappa shape index (κ3) is 3.35. The van der Waals surface area contributed by atoms with Gasteiger partial charge in [0.1, 0.15) is 11.6 Å². The van der Waals surface area contributed by atoms with Crippen LogP contribution in [0.3, 0.4) is 0 Å². The van der Waals surface area contributed by atoms with Crippen molar-refractivity contribution < 1.29 is 9.84 Å². The van der Waals surface area contributed by atoms with Gasteiger partial charge in [0.25, 0.3) is 5.56 Å². The predicted octanol–water partition coefficient (Wildman–Crippen LogP) is 1.15. The summed E-state index contributed by atoms with van der Waals surface area (Å²) < 4.78 is 7.10. The van der Waals surface area contributed by atoms with Crippen LogP contribution in [-0.4, -0.2) is 63.2 Å². The van der Waals surface area contributed by atoms with E-state index in [4.69, 9.17) is 4.74 Å². The van der Waals surface area contributed by atoms with Crippen LogP contribution in [0.25, 0.3) is 0 Å². The van der Waals surface area contributed by atoms with Crippen molar-refractivity contribution >= 4 is 5.82 Å². The lowest BCUT2D eigenvalue weighted by atomic mass is 9.83. The molecule has 8 heteroatoms. The highest BCUT2D eigenvalue weighted by Gasteiger charge is 2.37. The Morgan fingerprint density at radius 3 is 3.00 bits per heavy atom. The van der Waals surface area contributed by atoms with E-state index >= 15 is 0 Å². The van der Waals surface area contributed by atoms with E-state index in [1.165, 1.54) is 4.57 Å². The molecule has 0 aromatic carbocycles. The lowest BCUT2D eigenvalue weighted by molar-refractivity contribution is 0.178. The Morgan fingerprint density at radius 1 is 1.39 bits per heavy atom. The van der Waals surface area contributed by atoms with E-state index < -0.39 is 6.10 Å². The number of hydrogen-bond acceptors (Lipinski definition) is 7. The minimum Gasteiger partial charge on any atom is -0.493 e. The van der Waals surface area contributed by atoms with E-state index in [9.17, 15) is 9.90 Å². The number of piperidine rings is 1. The molecule has 28 heavy (non-hydrogen) atoms. The van der Waals surface area contributed by atoms with Gasteiger partial charge < -0.3 is 20.1 Å². The van der Waals surface area contributed by atoms with Crippen LogP contribution in [-0.2, 0) is 11.8 Å². The summed E-state index contributed by atoms with van der Waals surface area (Å²) in [5.74, 6) is 1.14. The lowest BCUT2D eigenvalue weighted by Crippen LogP contribution is -2.43. The van der Waals surface area contributed by atoms with Crippen LogP contribution in [0.5, 0.6) is 0 Å². The third-order valence-corrected chi connectivity index (χ3v) is 6.14. The van der Waals surface area contributed by atoms with Crippen molar-refractivity contribution in [2.75, 3.05) is 31.6 Å². The Kier molecular flexibility index (Phi) is 5.25. The van der Waals surface area contributed by atoms with Crippen LogP contribution in [0.1, 0.15) is 44.9 Å². The first-order chi connectivity index (χ1) is 13.5. The number of nitrogens with zero attached hydrogens (tertiary/aromatic N) is 4. The summed E-state index contributed by atoms with van der Waals surface area (Å²) in [6.07, 6.45) is 4.03. The molecule has 3 atom stereocenters. The first-order valence-corrected chi connectivity index (χ1v) is 10.1. The van der Waals surface area contributed by atoms with Crippen LogP contribution >= 0.6 is 0 Å². The molecule has 2 unspecified atom stereocenters. The molecule has 2 aliphatic heterocycles. The highest BCUT2D eigenvalue weighted by molar-refractivity contribution is 5.41. The predicted molar refractivity (Wildman–Crippen MR) is 106 cm³/mol. The molecular formula is C20H29N5O3. The van der Waals surface area contributed by atoms with Crippen molar-refractivity contribution in [3.8, 4) is 0 Å². The summed E-state index contributed by atoms with van der Waals surface area (Å²) in [4.78, 5) is 15.3. The summed E-state index contributed by atoms with van der Waals surface area (Å²) in [5.41, 5.74) is 1.60. The Hall–Kier alpha value is -2.19. The van der Waals surface area contributed by atoms with E-state index in [-0.39, 0.29) is 23.3 Å². The maximum atomic E-state index is 12.9. The Labute approximate surface area is 164 Å². The van der Waals surface area contributed by atoms with Gasteiger partial charge in [-0.05, 0) is 38.9 Å². The summed E-state index contributed by atoms with van der Waals surface area (Å²) in [6, 6.07) is 0.201. The number of aliphatic hydroxyl groups excluding tert-OH is 1. The molecule has 152 valence electrons. The van der Waals surface area contributed by atoms with E-state index in [1.807, 2.05) is 13.0 Å². The van der Waals surface area contributed by atoms with Gasteiger partial charge in [-0.3, -0.25) is 9.36 Å². The van der Waals surface area contributed by atoms with Gasteiger partial charge in [0.15, 0.2) is 0 Å². The van der Waals surface area contributed by atoms with Crippen LogP contribution in [0.2, 0.25) is 0 Å². The van der Waals surface area contributed by atoms with Crippen molar-refractivity contribution in [3.63, 3.8) is 0 Å². The lowest BCUT2D eigenvalue weighted by Gasteiger charge is -2.32. The van der Waals surface area contributed by atoms with Crippen molar-refractivity contribution in [2.24, 2.45) is 7.05 Å². The van der Waals surface area contributed by atoms with E-state index in [0.29, 0.717) is 18.9 Å². The average Bonchev–Trinajstić information content (AvgIpc) is 3.16. The zero-order valence-electron chi connectivity index (χ0n) is 16.8. The van der Waals surface area contributed by atoms with Gasteiger partial charge in [0.05, 0.1) is 18.6 Å². The largest absolute Gasteiger partial charge is 0.493 e. The molecule has 3 heterocycles. The Morgan fingerprint density at radius 2 is 2.21 bits per heavy atom. The number of likely N-dealkylation sites (tertiary alicyclic amines) is 1. The van der Waals surface area contributed by atoms with Gasteiger partial charge in [0, 0.05) is 31.6 Å². The average molecular weight is 387 g/mol. The summed E-state index contributed by atoms with van der Waals surface area (Å²) >= 11 is 0. The molecule has 0 saturated carbocycles. The van der Waals surface area contributed by atoms with Gasteiger partial charge in [0.2, 0.25) is 5.82 Å².